The molecule has 4 aromatic carbocycles. The molecule has 0 unspecified atom stereocenters. The third kappa shape index (κ3) is 8.96. The molecule has 7 rings (SSSR count). The zero-order valence-electron chi connectivity index (χ0n) is 31.0. The van der Waals surface area contributed by atoms with Gasteiger partial charge in [0.1, 0.15) is 35.5 Å². The van der Waals surface area contributed by atoms with Gasteiger partial charge in [-0.2, -0.15) is 10.1 Å². The molecule has 12 nitrogen and oxygen atoms in total. The predicted octanol–water partition coefficient (Wildman–Crippen LogP) is 7.99. The molecular weight excluding hydrogens is 683 g/mol. The van der Waals surface area contributed by atoms with Gasteiger partial charge in [-0.25, -0.2) is 14.5 Å². The first-order valence-electron chi connectivity index (χ1n) is 18.2. The number of hydrogen-bond donors (Lipinski definition) is 2. The molecule has 1 saturated heterocycles. The summed E-state index contributed by atoms with van der Waals surface area (Å²) >= 11 is 0. The lowest BCUT2D eigenvalue weighted by molar-refractivity contribution is 0.0322. The Kier molecular flexibility index (Phi) is 11.3. The molecule has 0 radical (unpaired) electrons. The van der Waals surface area contributed by atoms with Gasteiger partial charge >= 0.3 is 6.03 Å². The molecule has 278 valence electrons. The Hall–Kier alpha value is -5.98. The molecule has 0 spiro atoms. The molecule has 0 saturated carbocycles. The number of urea groups is 1. The van der Waals surface area contributed by atoms with Crippen molar-refractivity contribution in [2.24, 2.45) is 0 Å². The van der Waals surface area contributed by atoms with Crippen LogP contribution < -0.4 is 24.8 Å². The average molecular weight is 728 g/mol. The second kappa shape index (κ2) is 16.8. The van der Waals surface area contributed by atoms with Crippen molar-refractivity contribution in [2.45, 2.75) is 33.1 Å². The van der Waals surface area contributed by atoms with Crippen LogP contribution in [0.2, 0.25) is 0 Å². The molecule has 2 N–H and O–H groups in total. The fraction of sp³-hybridized carbons (Fsp3) is 0.286. The zero-order chi connectivity index (χ0) is 37.4. The number of carbonyl (C=O) groups is 1. The molecule has 1 aliphatic rings. The lowest BCUT2D eigenvalue weighted by Crippen LogP contribution is -2.38. The highest BCUT2D eigenvalue weighted by Gasteiger charge is 2.17. The molecular formula is C42H45N7O5. The van der Waals surface area contributed by atoms with Gasteiger partial charge in [-0.15, -0.1) is 0 Å². The zero-order valence-corrected chi connectivity index (χ0v) is 31.0. The maximum absolute atomic E-state index is 13.5. The predicted molar refractivity (Wildman–Crippen MR) is 210 cm³/mol. The van der Waals surface area contributed by atoms with Crippen LogP contribution >= 0.6 is 0 Å². The number of carbonyl (C=O) groups excluding carboxylic acids is 1. The van der Waals surface area contributed by atoms with Gasteiger partial charge in [-0.05, 0) is 54.8 Å². The van der Waals surface area contributed by atoms with Gasteiger partial charge in [0.25, 0.3) is 0 Å². The van der Waals surface area contributed by atoms with Crippen LogP contribution in [0, 0.1) is 6.92 Å². The van der Waals surface area contributed by atoms with Crippen molar-refractivity contribution in [2.75, 3.05) is 57.2 Å². The number of hydrogen-bond acceptors (Lipinski definition) is 9. The number of aromatic nitrogens is 4. The van der Waals surface area contributed by atoms with E-state index in [1.165, 1.54) is 0 Å². The minimum atomic E-state index is -0.388. The van der Waals surface area contributed by atoms with Crippen LogP contribution in [-0.4, -0.2) is 77.2 Å². The summed E-state index contributed by atoms with van der Waals surface area (Å²) in [7, 11) is 1.64. The summed E-state index contributed by atoms with van der Waals surface area (Å²) in [4.78, 5) is 25.0. The fourth-order valence-corrected chi connectivity index (χ4v) is 6.26. The van der Waals surface area contributed by atoms with Crippen molar-refractivity contribution in [3.63, 3.8) is 0 Å². The quantitative estimate of drug-likeness (QED) is 0.122. The van der Waals surface area contributed by atoms with E-state index in [0.717, 1.165) is 71.9 Å². The summed E-state index contributed by atoms with van der Waals surface area (Å²) in [5, 5.41) is 12.4. The Morgan fingerprint density at radius 3 is 2.46 bits per heavy atom. The maximum atomic E-state index is 13.5. The number of benzene rings is 4. The molecule has 0 aliphatic carbocycles. The normalized spacial score (nSPS) is 13.2. The van der Waals surface area contributed by atoms with E-state index < -0.39 is 0 Å². The monoisotopic (exact) mass is 727 g/mol. The van der Waals surface area contributed by atoms with Gasteiger partial charge in [0, 0.05) is 61.2 Å². The summed E-state index contributed by atoms with van der Waals surface area (Å²) in [5.41, 5.74) is 4.47. The first-order chi connectivity index (χ1) is 26.3. The highest BCUT2D eigenvalue weighted by Crippen LogP contribution is 2.34. The number of amides is 2. The van der Waals surface area contributed by atoms with Gasteiger partial charge < -0.3 is 24.3 Å². The minimum absolute atomic E-state index is 0.188. The third-order valence-corrected chi connectivity index (χ3v) is 9.18. The summed E-state index contributed by atoms with van der Waals surface area (Å²) in [6.45, 7) is 10.9. The van der Waals surface area contributed by atoms with Crippen LogP contribution in [0.4, 0.5) is 16.3 Å². The van der Waals surface area contributed by atoms with Crippen LogP contribution in [0.3, 0.4) is 0 Å². The minimum Gasteiger partial charge on any atom is -0.497 e. The maximum Gasteiger partial charge on any atom is 0.324 e. The topological polar surface area (TPSA) is 125 Å². The van der Waals surface area contributed by atoms with Gasteiger partial charge in [0.05, 0.1) is 37.4 Å². The van der Waals surface area contributed by atoms with Crippen LogP contribution in [-0.2, 0) is 11.2 Å². The Balaban J connectivity index is 1.04. The number of anilines is 2. The number of methoxy groups -OCH3 is 1. The highest BCUT2D eigenvalue weighted by atomic mass is 16.5. The molecule has 2 amide bonds. The number of fused-ring (bicyclic) bond motifs is 1. The Labute approximate surface area is 315 Å². The van der Waals surface area contributed by atoms with E-state index in [1.54, 1.807) is 24.1 Å². The summed E-state index contributed by atoms with van der Waals surface area (Å²) in [6, 6.07) is 28.5. The van der Waals surface area contributed by atoms with Crippen LogP contribution in [0.5, 0.6) is 23.1 Å². The van der Waals surface area contributed by atoms with E-state index >= 15 is 0 Å². The SMILES string of the molecule is COc1cc(Cc2nccc(Oc3ccc(NC(=O)Nc4cc(C(C)C)nn4-c4ccc(C)cc4)c4ccccc34)n2)cc(OCCN2CCOCC2)c1. The van der Waals surface area contributed by atoms with Crippen molar-refractivity contribution >= 4 is 28.3 Å². The summed E-state index contributed by atoms with van der Waals surface area (Å²) in [6.07, 6.45) is 2.14. The summed E-state index contributed by atoms with van der Waals surface area (Å²) in [5.74, 6) is 3.78. The second-order valence-corrected chi connectivity index (χ2v) is 13.5. The number of nitrogens with one attached hydrogen (secondary N) is 2. The number of nitrogens with zero attached hydrogens (tertiary/aromatic N) is 5. The van der Waals surface area contributed by atoms with Crippen molar-refractivity contribution in [3.05, 3.63) is 120 Å². The van der Waals surface area contributed by atoms with E-state index in [-0.39, 0.29) is 11.9 Å². The highest BCUT2D eigenvalue weighted by molar-refractivity contribution is 6.07. The molecule has 0 bridgehead atoms. The number of morpholine rings is 1. The lowest BCUT2D eigenvalue weighted by Gasteiger charge is -2.26. The first kappa shape index (κ1) is 36.4. The van der Waals surface area contributed by atoms with Crippen LogP contribution in [0.1, 0.15) is 42.4 Å². The standard InChI is InChI=1S/C42H45N7O5/c1-28(2)37-27-40(49(47-37)31-11-9-29(3)10-12-31)46-42(50)44-36-13-14-38(35-8-6-5-7-34(35)36)54-41-15-16-43-39(45-41)25-30-23-32(51-4)26-33(24-30)53-22-19-48-17-20-52-21-18-48/h5-16,23-24,26-28H,17-22,25H2,1-4H3,(H2,44,46,50). The molecule has 1 aliphatic heterocycles. The van der Waals surface area contributed by atoms with Crippen LogP contribution in [0.15, 0.2) is 97.2 Å². The number of ether oxygens (including phenoxy) is 4. The van der Waals surface area contributed by atoms with Gasteiger partial charge in [0.15, 0.2) is 0 Å². The molecule has 1 fully saturated rings. The molecule has 54 heavy (non-hydrogen) atoms. The number of rotatable bonds is 13. The van der Waals surface area contributed by atoms with Gasteiger partial charge in [-0.1, -0.05) is 55.8 Å². The molecule has 2 aromatic heterocycles. The Morgan fingerprint density at radius 1 is 0.907 bits per heavy atom. The molecule has 3 heterocycles. The summed E-state index contributed by atoms with van der Waals surface area (Å²) < 4.78 is 25.2. The molecule has 6 aromatic rings. The molecule has 0 atom stereocenters. The smallest absolute Gasteiger partial charge is 0.324 e. The molecule has 12 heteroatoms. The van der Waals surface area contributed by atoms with E-state index in [1.807, 2.05) is 91.9 Å². The third-order valence-electron chi connectivity index (χ3n) is 9.18. The van der Waals surface area contributed by atoms with Gasteiger partial charge in [-0.3, -0.25) is 10.2 Å². The van der Waals surface area contributed by atoms with Crippen molar-refractivity contribution in [1.29, 1.82) is 0 Å². The van der Waals surface area contributed by atoms with E-state index in [0.29, 0.717) is 47.7 Å². The van der Waals surface area contributed by atoms with Crippen molar-refractivity contribution < 1.29 is 23.7 Å². The lowest BCUT2D eigenvalue weighted by atomic mass is 10.1. The largest absolute Gasteiger partial charge is 0.497 e. The van der Waals surface area contributed by atoms with Crippen LogP contribution in [0.25, 0.3) is 16.5 Å². The van der Waals surface area contributed by atoms with E-state index in [2.05, 4.69) is 34.4 Å². The van der Waals surface area contributed by atoms with Gasteiger partial charge in [0.2, 0.25) is 5.88 Å². The Morgan fingerprint density at radius 2 is 1.69 bits per heavy atom. The Bertz CT molecular complexity index is 2210. The number of aryl methyl sites for hydroxylation is 1. The second-order valence-electron chi connectivity index (χ2n) is 13.5. The van der Waals surface area contributed by atoms with Crippen molar-refractivity contribution in [3.8, 4) is 28.8 Å². The van der Waals surface area contributed by atoms with E-state index in [9.17, 15) is 4.79 Å². The fourth-order valence-electron chi connectivity index (χ4n) is 6.26. The first-order valence-corrected chi connectivity index (χ1v) is 18.2. The van der Waals surface area contributed by atoms with Crippen molar-refractivity contribution in [1.82, 2.24) is 24.6 Å². The van der Waals surface area contributed by atoms with E-state index in [4.69, 9.17) is 29.0 Å². The average Bonchev–Trinajstić information content (AvgIpc) is 3.60.